The minimum absolute atomic E-state index is 0.210. The second-order valence-corrected chi connectivity index (χ2v) is 8.68. The SMILES string of the molecule is COc1ccc(CN2CCN(Cc3cnn(-c4ccccc4)c3)C[C@@H]2CCO)c(C)c1C. The maximum atomic E-state index is 9.70. The number of rotatable bonds is 8. The van der Waals surface area contributed by atoms with Crippen molar-refractivity contribution in [2.45, 2.75) is 39.4 Å². The van der Waals surface area contributed by atoms with Crippen LogP contribution < -0.4 is 4.74 Å². The molecule has 0 bridgehead atoms. The lowest BCUT2D eigenvalue weighted by Gasteiger charge is -2.41. The summed E-state index contributed by atoms with van der Waals surface area (Å²) >= 11 is 0. The molecule has 1 atom stereocenters. The standard InChI is InChI=1S/C26H34N4O2/c1-20-21(2)26(32-3)10-9-23(20)18-29-13-12-28(19-25(29)11-14-31)16-22-15-27-30(17-22)24-7-5-4-6-8-24/h4-10,15,17,25,31H,11-14,16,18-19H2,1-3H3/t25-/m0/s1. The molecule has 0 amide bonds. The first-order valence-corrected chi connectivity index (χ1v) is 11.4. The largest absolute Gasteiger partial charge is 0.496 e. The number of aliphatic hydroxyl groups excluding tert-OH is 1. The highest BCUT2D eigenvalue weighted by Gasteiger charge is 2.27. The first-order chi connectivity index (χ1) is 15.6. The molecule has 170 valence electrons. The van der Waals surface area contributed by atoms with E-state index in [0.29, 0.717) is 6.04 Å². The van der Waals surface area contributed by atoms with Crippen molar-refractivity contribution in [2.24, 2.45) is 0 Å². The third-order valence-corrected chi connectivity index (χ3v) is 6.66. The summed E-state index contributed by atoms with van der Waals surface area (Å²) < 4.78 is 7.41. The molecule has 1 fully saturated rings. The van der Waals surface area contributed by atoms with Crippen LogP contribution in [0.4, 0.5) is 0 Å². The molecule has 6 heteroatoms. The fourth-order valence-corrected chi connectivity index (χ4v) is 4.62. The number of hydrogen-bond acceptors (Lipinski definition) is 5. The van der Waals surface area contributed by atoms with E-state index in [1.54, 1.807) is 7.11 Å². The van der Waals surface area contributed by atoms with Crippen molar-refractivity contribution in [3.8, 4) is 11.4 Å². The summed E-state index contributed by atoms with van der Waals surface area (Å²) in [6, 6.07) is 14.8. The van der Waals surface area contributed by atoms with Crippen LogP contribution in [0.25, 0.3) is 5.69 Å². The van der Waals surface area contributed by atoms with Crippen molar-refractivity contribution in [3.63, 3.8) is 0 Å². The molecule has 3 aromatic rings. The maximum absolute atomic E-state index is 9.70. The topological polar surface area (TPSA) is 53.8 Å². The van der Waals surface area contributed by atoms with Gasteiger partial charge in [0.1, 0.15) is 5.75 Å². The Labute approximate surface area is 191 Å². The minimum Gasteiger partial charge on any atom is -0.496 e. The average Bonchev–Trinajstić information content (AvgIpc) is 3.28. The predicted molar refractivity (Wildman–Crippen MR) is 127 cm³/mol. The lowest BCUT2D eigenvalue weighted by Crippen LogP contribution is -2.52. The zero-order valence-corrected chi connectivity index (χ0v) is 19.4. The Hall–Kier alpha value is -2.67. The van der Waals surface area contributed by atoms with Crippen LogP contribution in [0, 0.1) is 13.8 Å². The van der Waals surface area contributed by atoms with E-state index in [1.165, 1.54) is 22.3 Å². The number of methoxy groups -OCH3 is 1. The van der Waals surface area contributed by atoms with Gasteiger partial charge in [-0.3, -0.25) is 9.80 Å². The number of nitrogens with zero attached hydrogens (tertiary/aromatic N) is 4. The van der Waals surface area contributed by atoms with Gasteiger partial charge in [0.2, 0.25) is 0 Å². The molecular formula is C26H34N4O2. The molecule has 1 saturated heterocycles. The molecule has 0 unspecified atom stereocenters. The Bertz CT molecular complexity index is 1020. The van der Waals surface area contributed by atoms with E-state index < -0.39 is 0 Å². The van der Waals surface area contributed by atoms with Gasteiger partial charge < -0.3 is 9.84 Å². The Balaban J connectivity index is 1.41. The molecule has 1 aliphatic rings. The molecule has 0 aliphatic carbocycles. The smallest absolute Gasteiger partial charge is 0.122 e. The summed E-state index contributed by atoms with van der Waals surface area (Å²) in [5, 5.41) is 14.2. The molecule has 1 N–H and O–H groups in total. The molecule has 0 saturated carbocycles. The van der Waals surface area contributed by atoms with Gasteiger partial charge in [0, 0.05) is 57.1 Å². The van der Waals surface area contributed by atoms with E-state index >= 15 is 0 Å². The number of aliphatic hydroxyl groups is 1. The Morgan fingerprint density at radius 2 is 1.84 bits per heavy atom. The van der Waals surface area contributed by atoms with E-state index in [-0.39, 0.29) is 6.61 Å². The Morgan fingerprint density at radius 3 is 2.59 bits per heavy atom. The van der Waals surface area contributed by atoms with Crippen molar-refractivity contribution in [3.05, 3.63) is 77.1 Å². The molecule has 4 rings (SSSR count). The summed E-state index contributed by atoms with van der Waals surface area (Å²) in [5.74, 6) is 0.944. The van der Waals surface area contributed by atoms with Gasteiger partial charge in [0.15, 0.2) is 0 Å². The van der Waals surface area contributed by atoms with E-state index in [2.05, 4.69) is 59.2 Å². The van der Waals surface area contributed by atoms with E-state index in [0.717, 1.165) is 50.6 Å². The van der Waals surface area contributed by atoms with Crippen molar-refractivity contribution in [1.82, 2.24) is 19.6 Å². The second kappa shape index (κ2) is 10.3. The molecule has 0 spiro atoms. The van der Waals surface area contributed by atoms with Crippen LogP contribution in [0.3, 0.4) is 0 Å². The maximum Gasteiger partial charge on any atom is 0.122 e. The Morgan fingerprint density at radius 1 is 1.03 bits per heavy atom. The number of aromatic nitrogens is 2. The van der Waals surface area contributed by atoms with Crippen LogP contribution in [-0.4, -0.2) is 64.1 Å². The van der Waals surface area contributed by atoms with Crippen LogP contribution >= 0.6 is 0 Å². The quantitative estimate of drug-likeness (QED) is 0.588. The lowest BCUT2D eigenvalue weighted by molar-refractivity contribution is 0.0498. The van der Waals surface area contributed by atoms with Crippen LogP contribution in [0.5, 0.6) is 5.75 Å². The molecule has 32 heavy (non-hydrogen) atoms. The van der Waals surface area contributed by atoms with Crippen molar-refractivity contribution in [2.75, 3.05) is 33.4 Å². The predicted octanol–water partition coefficient (Wildman–Crippen LogP) is 3.57. The molecule has 2 heterocycles. The average molecular weight is 435 g/mol. The van der Waals surface area contributed by atoms with Gasteiger partial charge >= 0.3 is 0 Å². The van der Waals surface area contributed by atoms with Crippen molar-refractivity contribution >= 4 is 0 Å². The molecule has 1 aliphatic heterocycles. The Kier molecular flexibility index (Phi) is 7.25. The van der Waals surface area contributed by atoms with Gasteiger partial charge in [-0.25, -0.2) is 4.68 Å². The zero-order valence-electron chi connectivity index (χ0n) is 19.4. The number of para-hydroxylation sites is 1. The highest BCUT2D eigenvalue weighted by molar-refractivity contribution is 5.43. The first kappa shape index (κ1) is 22.5. The van der Waals surface area contributed by atoms with Crippen molar-refractivity contribution < 1.29 is 9.84 Å². The summed E-state index contributed by atoms with van der Waals surface area (Å²) in [6.07, 6.45) is 4.87. The minimum atomic E-state index is 0.210. The normalized spacial score (nSPS) is 17.6. The second-order valence-electron chi connectivity index (χ2n) is 8.68. The van der Waals surface area contributed by atoms with Gasteiger partial charge in [0.05, 0.1) is 19.0 Å². The van der Waals surface area contributed by atoms with Crippen LogP contribution in [0.1, 0.15) is 28.7 Å². The molecule has 1 aromatic heterocycles. The molecule has 6 nitrogen and oxygen atoms in total. The molecular weight excluding hydrogens is 400 g/mol. The number of piperazine rings is 1. The summed E-state index contributed by atoms with van der Waals surface area (Å²) in [4.78, 5) is 5.00. The highest BCUT2D eigenvalue weighted by atomic mass is 16.5. The molecule has 2 aromatic carbocycles. The number of benzene rings is 2. The van der Waals surface area contributed by atoms with E-state index in [9.17, 15) is 5.11 Å². The third-order valence-electron chi connectivity index (χ3n) is 6.66. The van der Waals surface area contributed by atoms with Gasteiger partial charge in [-0.2, -0.15) is 5.10 Å². The van der Waals surface area contributed by atoms with E-state index in [4.69, 9.17) is 4.74 Å². The van der Waals surface area contributed by atoms with Crippen molar-refractivity contribution in [1.29, 1.82) is 0 Å². The van der Waals surface area contributed by atoms with Crippen LogP contribution in [0.2, 0.25) is 0 Å². The van der Waals surface area contributed by atoms with Gasteiger partial charge in [0.25, 0.3) is 0 Å². The summed E-state index contributed by atoms with van der Waals surface area (Å²) in [5.41, 5.74) is 6.13. The number of hydrogen-bond donors (Lipinski definition) is 1. The van der Waals surface area contributed by atoms with Gasteiger partial charge in [-0.05, 0) is 55.2 Å². The fourth-order valence-electron chi connectivity index (χ4n) is 4.62. The van der Waals surface area contributed by atoms with Gasteiger partial charge in [-0.15, -0.1) is 0 Å². The lowest BCUT2D eigenvalue weighted by atomic mass is 10.00. The monoisotopic (exact) mass is 434 g/mol. The molecule has 0 radical (unpaired) electrons. The van der Waals surface area contributed by atoms with Crippen LogP contribution in [-0.2, 0) is 13.1 Å². The fraction of sp³-hybridized carbons (Fsp3) is 0.423. The summed E-state index contributed by atoms with van der Waals surface area (Å²) in [7, 11) is 1.72. The van der Waals surface area contributed by atoms with E-state index in [1.807, 2.05) is 29.1 Å². The number of ether oxygens (including phenoxy) is 1. The first-order valence-electron chi connectivity index (χ1n) is 11.4. The zero-order chi connectivity index (χ0) is 22.5. The van der Waals surface area contributed by atoms with Gasteiger partial charge in [-0.1, -0.05) is 24.3 Å². The van der Waals surface area contributed by atoms with Crippen LogP contribution in [0.15, 0.2) is 54.9 Å². The third kappa shape index (κ3) is 5.04. The summed E-state index contributed by atoms with van der Waals surface area (Å²) in [6.45, 7) is 9.23. The highest BCUT2D eigenvalue weighted by Crippen LogP contribution is 2.26.